The molecule has 1 aliphatic heterocycles. The van der Waals surface area contributed by atoms with Crippen LogP contribution in [-0.2, 0) is 14.3 Å². The topological polar surface area (TPSA) is 61.9 Å². The predicted octanol–water partition coefficient (Wildman–Crippen LogP) is 0.876. The van der Waals surface area contributed by atoms with Crippen molar-refractivity contribution in [1.82, 2.24) is 10.2 Å². The molecule has 6 nitrogen and oxygen atoms in total. The molecule has 0 bridgehead atoms. The van der Waals surface area contributed by atoms with Crippen molar-refractivity contribution in [2.45, 2.75) is 19.4 Å². The van der Waals surface area contributed by atoms with E-state index in [9.17, 15) is 9.59 Å². The molecule has 1 saturated heterocycles. The van der Waals surface area contributed by atoms with Crippen LogP contribution in [0.5, 0.6) is 0 Å². The van der Waals surface area contributed by atoms with Gasteiger partial charge in [0.05, 0.1) is 13.2 Å². The highest BCUT2D eigenvalue weighted by atomic mass is 16.5. The minimum Gasteiger partial charge on any atom is -0.383 e. The third-order valence-corrected chi connectivity index (χ3v) is 4.04. The Hall–Kier alpha value is -1.92. The highest BCUT2D eigenvalue weighted by Gasteiger charge is 2.37. The van der Waals surface area contributed by atoms with Gasteiger partial charge in [0.15, 0.2) is 0 Å². The molecule has 2 rings (SSSR count). The lowest BCUT2D eigenvalue weighted by atomic mass is 10.2. The summed E-state index contributed by atoms with van der Waals surface area (Å²) in [5.74, 6) is -0.0415. The first kappa shape index (κ1) is 17.4. The summed E-state index contributed by atoms with van der Waals surface area (Å²) < 4.78 is 4.94. The molecular weight excluding hydrogens is 294 g/mol. The second-order valence-electron chi connectivity index (χ2n) is 5.48. The van der Waals surface area contributed by atoms with Crippen molar-refractivity contribution in [3.8, 4) is 0 Å². The molecule has 1 aromatic carbocycles. The van der Waals surface area contributed by atoms with Crippen LogP contribution in [0.4, 0.5) is 5.69 Å². The van der Waals surface area contributed by atoms with Crippen molar-refractivity contribution in [2.24, 2.45) is 0 Å². The van der Waals surface area contributed by atoms with Crippen LogP contribution in [0.1, 0.15) is 13.3 Å². The number of likely N-dealkylation sites (N-methyl/N-ethyl adjacent to an activating group) is 1. The molecule has 0 aromatic heterocycles. The standard InChI is InChI=1S/C17H25N3O3/c1-3-19(16(21)13-18-10-12-23-2)15-9-11-20(17(15)22)14-7-5-4-6-8-14/h4-8,15,18H,3,9-13H2,1-2H3. The van der Waals surface area contributed by atoms with Gasteiger partial charge >= 0.3 is 0 Å². The average molecular weight is 319 g/mol. The maximum atomic E-state index is 12.7. The molecule has 1 atom stereocenters. The highest BCUT2D eigenvalue weighted by Crippen LogP contribution is 2.24. The number of ether oxygens (including phenoxy) is 1. The number of hydrogen-bond donors (Lipinski definition) is 1. The first-order chi connectivity index (χ1) is 11.2. The summed E-state index contributed by atoms with van der Waals surface area (Å²) in [6.45, 7) is 4.49. The Labute approximate surface area is 137 Å². The first-order valence-corrected chi connectivity index (χ1v) is 8.04. The summed E-state index contributed by atoms with van der Waals surface area (Å²) in [4.78, 5) is 28.5. The van der Waals surface area contributed by atoms with Gasteiger partial charge in [-0.3, -0.25) is 9.59 Å². The lowest BCUT2D eigenvalue weighted by Gasteiger charge is -2.27. The molecule has 6 heteroatoms. The van der Waals surface area contributed by atoms with Gasteiger partial charge in [0, 0.05) is 32.4 Å². The van der Waals surface area contributed by atoms with Crippen LogP contribution < -0.4 is 10.2 Å². The van der Waals surface area contributed by atoms with Crippen LogP contribution >= 0.6 is 0 Å². The average Bonchev–Trinajstić information content (AvgIpc) is 2.95. The lowest BCUT2D eigenvalue weighted by molar-refractivity contribution is -0.137. The Morgan fingerprint density at radius 3 is 2.78 bits per heavy atom. The number of hydrogen-bond acceptors (Lipinski definition) is 4. The smallest absolute Gasteiger partial charge is 0.249 e. The van der Waals surface area contributed by atoms with E-state index in [1.165, 1.54) is 0 Å². The van der Waals surface area contributed by atoms with E-state index in [0.29, 0.717) is 32.7 Å². The van der Waals surface area contributed by atoms with Gasteiger partial charge in [0.1, 0.15) is 6.04 Å². The summed E-state index contributed by atoms with van der Waals surface area (Å²) in [7, 11) is 1.62. The van der Waals surface area contributed by atoms with E-state index in [0.717, 1.165) is 5.69 Å². The van der Waals surface area contributed by atoms with Gasteiger partial charge in [-0.15, -0.1) is 0 Å². The molecular formula is C17H25N3O3. The van der Waals surface area contributed by atoms with Gasteiger partial charge in [-0.25, -0.2) is 0 Å². The Morgan fingerprint density at radius 2 is 2.13 bits per heavy atom. The molecule has 0 aliphatic carbocycles. The maximum Gasteiger partial charge on any atom is 0.249 e. The number of nitrogens with zero attached hydrogens (tertiary/aromatic N) is 2. The number of rotatable bonds is 8. The zero-order chi connectivity index (χ0) is 16.7. The summed E-state index contributed by atoms with van der Waals surface area (Å²) in [5, 5.41) is 3.04. The summed E-state index contributed by atoms with van der Waals surface area (Å²) in [6.07, 6.45) is 0.672. The van der Waals surface area contributed by atoms with Gasteiger partial charge < -0.3 is 19.9 Å². The van der Waals surface area contributed by atoms with Gasteiger partial charge in [-0.2, -0.15) is 0 Å². The molecule has 0 radical (unpaired) electrons. The summed E-state index contributed by atoms with van der Waals surface area (Å²) in [6, 6.07) is 9.23. The normalized spacial score (nSPS) is 17.6. The first-order valence-electron chi connectivity index (χ1n) is 8.04. The van der Waals surface area contributed by atoms with Crippen molar-refractivity contribution < 1.29 is 14.3 Å². The van der Waals surface area contributed by atoms with E-state index >= 15 is 0 Å². The predicted molar refractivity (Wildman–Crippen MR) is 89.3 cm³/mol. The molecule has 0 spiro atoms. The number of anilines is 1. The zero-order valence-electron chi connectivity index (χ0n) is 13.8. The van der Waals surface area contributed by atoms with Gasteiger partial charge in [-0.05, 0) is 25.5 Å². The maximum absolute atomic E-state index is 12.7. The molecule has 1 unspecified atom stereocenters. The molecule has 1 aliphatic rings. The fourth-order valence-corrected chi connectivity index (χ4v) is 2.86. The van der Waals surface area contributed by atoms with E-state index in [4.69, 9.17) is 4.74 Å². The van der Waals surface area contributed by atoms with Gasteiger partial charge in [-0.1, -0.05) is 18.2 Å². The van der Waals surface area contributed by atoms with Crippen molar-refractivity contribution in [3.63, 3.8) is 0 Å². The van der Waals surface area contributed by atoms with Gasteiger partial charge in [0.25, 0.3) is 0 Å². The number of carbonyl (C=O) groups is 2. The molecule has 1 fully saturated rings. The largest absolute Gasteiger partial charge is 0.383 e. The fourth-order valence-electron chi connectivity index (χ4n) is 2.86. The Bertz CT molecular complexity index is 521. The van der Waals surface area contributed by atoms with E-state index < -0.39 is 0 Å². The molecule has 1 N–H and O–H groups in total. The van der Waals surface area contributed by atoms with Crippen molar-refractivity contribution >= 4 is 17.5 Å². The van der Waals surface area contributed by atoms with Crippen LogP contribution in [0, 0.1) is 0 Å². The van der Waals surface area contributed by atoms with Crippen molar-refractivity contribution in [3.05, 3.63) is 30.3 Å². The molecule has 1 aromatic rings. The number of carbonyl (C=O) groups excluding carboxylic acids is 2. The Balaban J connectivity index is 1.96. The van der Waals surface area contributed by atoms with Crippen LogP contribution in [0.15, 0.2) is 30.3 Å². The monoisotopic (exact) mass is 319 g/mol. The van der Waals surface area contributed by atoms with Crippen molar-refractivity contribution in [1.29, 1.82) is 0 Å². The second kappa shape index (κ2) is 8.64. The van der Waals surface area contributed by atoms with Crippen LogP contribution in [0.2, 0.25) is 0 Å². The number of nitrogens with one attached hydrogen (secondary N) is 1. The van der Waals surface area contributed by atoms with E-state index in [2.05, 4.69) is 5.32 Å². The summed E-state index contributed by atoms with van der Waals surface area (Å²) >= 11 is 0. The van der Waals surface area contributed by atoms with E-state index in [1.807, 2.05) is 37.3 Å². The van der Waals surface area contributed by atoms with Crippen molar-refractivity contribution in [2.75, 3.05) is 44.8 Å². The number of benzene rings is 1. The van der Waals surface area contributed by atoms with E-state index in [1.54, 1.807) is 16.9 Å². The highest BCUT2D eigenvalue weighted by molar-refractivity contribution is 6.01. The molecule has 126 valence electrons. The number of amides is 2. The molecule has 2 amide bonds. The lowest BCUT2D eigenvalue weighted by Crippen LogP contribution is -2.48. The second-order valence-corrected chi connectivity index (χ2v) is 5.48. The fraction of sp³-hybridized carbons (Fsp3) is 0.529. The SMILES string of the molecule is CCN(C(=O)CNCCOC)C1CCN(c2ccccc2)C1=O. The quantitative estimate of drug-likeness (QED) is 0.723. The minimum atomic E-state index is -0.364. The van der Waals surface area contributed by atoms with Crippen LogP contribution in [0.3, 0.4) is 0 Å². The Kier molecular flexibility index (Phi) is 6.55. The third-order valence-electron chi connectivity index (χ3n) is 4.04. The van der Waals surface area contributed by atoms with Crippen LogP contribution in [-0.4, -0.2) is 62.7 Å². The Morgan fingerprint density at radius 1 is 1.39 bits per heavy atom. The minimum absolute atomic E-state index is 0.00305. The molecule has 0 saturated carbocycles. The number of methoxy groups -OCH3 is 1. The molecule has 1 heterocycles. The third kappa shape index (κ3) is 4.30. The van der Waals surface area contributed by atoms with E-state index in [-0.39, 0.29) is 24.4 Å². The zero-order valence-corrected chi connectivity index (χ0v) is 13.8. The summed E-state index contributed by atoms with van der Waals surface area (Å²) in [5.41, 5.74) is 0.890. The van der Waals surface area contributed by atoms with Gasteiger partial charge in [0.2, 0.25) is 11.8 Å². The molecule has 23 heavy (non-hydrogen) atoms. The number of para-hydroxylation sites is 1. The van der Waals surface area contributed by atoms with Crippen LogP contribution in [0.25, 0.3) is 0 Å².